The van der Waals surface area contributed by atoms with E-state index in [2.05, 4.69) is 4.98 Å². The highest BCUT2D eigenvalue weighted by Crippen LogP contribution is 2.37. The molecule has 0 saturated heterocycles. The van der Waals surface area contributed by atoms with Crippen LogP contribution in [0.5, 0.6) is 5.75 Å². The van der Waals surface area contributed by atoms with Gasteiger partial charge < -0.3 is 9.64 Å². The van der Waals surface area contributed by atoms with Crippen LogP contribution in [0.4, 0.5) is 5.69 Å². The zero-order chi connectivity index (χ0) is 16.5. The van der Waals surface area contributed by atoms with Gasteiger partial charge in [0.05, 0.1) is 22.9 Å². The number of hydrogen-bond acceptors (Lipinski definition) is 4. The summed E-state index contributed by atoms with van der Waals surface area (Å²) in [6.45, 7) is 2.60. The Kier molecular flexibility index (Phi) is 3.78. The minimum atomic E-state index is -0.0297. The van der Waals surface area contributed by atoms with Crippen LogP contribution in [0, 0.1) is 6.92 Å². The van der Waals surface area contributed by atoms with Crippen LogP contribution in [-0.2, 0) is 11.3 Å². The van der Waals surface area contributed by atoms with Gasteiger partial charge in [0, 0.05) is 10.9 Å². The number of hydrogen-bond donors (Lipinski definition) is 0. The monoisotopic (exact) mass is 336 g/mol. The highest BCUT2D eigenvalue weighted by Gasteiger charge is 2.26. The van der Waals surface area contributed by atoms with E-state index in [1.165, 1.54) is 0 Å². The van der Waals surface area contributed by atoms with Crippen LogP contribution in [0.1, 0.15) is 10.6 Å². The molecule has 2 heterocycles. The Bertz CT molecular complexity index is 889. The zero-order valence-electron chi connectivity index (χ0n) is 13.2. The number of amides is 1. The second kappa shape index (κ2) is 6.09. The minimum Gasteiger partial charge on any atom is -0.482 e. The Labute approximate surface area is 144 Å². The third-order valence-corrected chi connectivity index (χ3v) is 4.77. The molecule has 1 aliphatic rings. The number of carbonyl (C=O) groups excluding carboxylic acids is 1. The van der Waals surface area contributed by atoms with Crippen molar-refractivity contribution in [2.75, 3.05) is 11.5 Å². The van der Waals surface area contributed by atoms with Crippen molar-refractivity contribution in [3.8, 4) is 17.0 Å². The summed E-state index contributed by atoms with van der Waals surface area (Å²) in [6, 6.07) is 15.9. The number of benzene rings is 2. The number of ether oxygens (including phenoxy) is 1. The molecular formula is C19H16N2O2S. The van der Waals surface area contributed by atoms with E-state index in [-0.39, 0.29) is 12.5 Å². The van der Waals surface area contributed by atoms with Crippen LogP contribution < -0.4 is 9.64 Å². The smallest absolute Gasteiger partial charge is 0.265 e. The lowest BCUT2D eigenvalue weighted by Crippen LogP contribution is -2.38. The second-order valence-corrected chi connectivity index (χ2v) is 6.75. The number of nitrogens with zero attached hydrogens (tertiary/aromatic N) is 2. The van der Waals surface area contributed by atoms with Gasteiger partial charge in [0.15, 0.2) is 6.61 Å². The molecule has 1 aliphatic heterocycles. The maximum Gasteiger partial charge on any atom is 0.265 e. The highest BCUT2D eigenvalue weighted by atomic mass is 32.1. The summed E-state index contributed by atoms with van der Waals surface area (Å²) in [4.78, 5) is 18.7. The van der Waals surface area contributed by atoms with E-state index < -0.39 is 0 Å². The predicted octanol–water partition coefficient (Wildman–Crippen LogP) is 4.04. The Morgan fingerprint density at radius 2 is 2.04 bits per heavy atom. The molecule has 1 aromatic heterocycles. The van der Waals surface area contributed by atoms with Crippen LogP contribution in [0.15, 0.2) is 53.9 Å². The van der Waals surface area contributed by atoms with Gasteiger partial charge in [0.25, 0.3) is 5.91 Å². The Balaban J connectivity index is 1.73. The van der Waals surface area contributed by atoms with Crippen LogP contribution in [0.2, 0.25) is 0 Å². The first-order valence-corrected chi connectivity index (χ1v) is 8.62. The molecular weight excluding hydrogens is 320 g/mol. The van der Waals surface area contributed by atoms with Gasteiger partial charge in [-0.2, -0.15) is 0 Å². The lowest BCUT2D eigenvalue weighted by atomic mass is 10.1. The lowest BCUT2D eigenvalue weighted by Gasteiger charge is -2.29. The third-order valence-electron chi connectivity index (χ3n) is 4.00. The van der Waals surface area contributed by atoms with Crippen molar-refractivity contribution in [1.29, 1.82) is 0 Å². The predicted molar refractivity (Wildman–Crippen MR) is 95.4 cm³/mol. The highest BCUT2D eigenvalue weighted by molar-refractivity contribution is 7.09. The summed E-state index contributed by atoms with van der Waals surface area (Å²) in [7, 11) is 0. The number of aromatic nitrogens is 1. The number of carbonyl (C=O) groups is 1. The van der Waals surface area contributed by atoms with Crippen LogP contribution in [-0.4, -0.2) is 17.5 Å². The first kappa shape index (κ1) is 14.9. The third kappa shape index (κ3) is 2.78. The standard InChI is InChI=1S/C19H16N2O2S/c1-13-20-16(12-24-13)15-7-8-18-17(9-15)21(19(22)11-23-18)10-14-5-3-2-4-6-14/h2-9,12H,10-11H2,1H3. The first-order chi connectivity index (χ1) is 11.7. The normalized spacial score (nSPS) is 13.5. The van der Waals surface area contributed by atoms with Gasteiger partial charge in [-0.25, -0.2) is 4.98 Å². The average Bonchev–Trinajstić information content (AvgIpc) is 3.04. The van der Waals surface area contributed by atoms with Gasteiger partial charge in [-0.1, -0.05) is 30.3 Å². The van der Waals surface area contributed by atoms with Crippen molar-refractivity contribution < 1.29 is 9.53 Å². The van der Waals surface area contributed by atoms with Crippen molar-refractivity contribution in [3.63, 3.8) is 0 Å². The van der Waals surface area contributed by atoms with Crippen LogP contribution in [0.25, 0.3) is 11.3 Å². The number of aryl methyl sites for hydroxylation is 1. The van der Waals surface area contributed by atoms with Crippen molar-refractivity contribution in [3.05, 3.63) is 64.5 Å². The molecule has 4 rings (SSSR count). The summed E-state index contributed by atoms with van der Waals surface area (Å²) >= 11 is 1.62. The molecule has 24 heavy (non-hydrogen) atoms. The summed E-state index contributed by atoms with van der Waals surface area (Å²) in [5.74, 6) is 0.708. The minimum absolute atomic E-state index is 0.0297. The first-order valence-electron chi connectivity index (χ1n) is 7.74. The van der Waals surface area contributed by atoms with Crippen molar-refractivity contribution in [2.24, 2.45) is 0 Å². The lowest BCUT2D eigenvalue weighted by molar-refractivity contribution is -0.121. The summed E-state index contributed by atoms with van der Waals surface area (Å²) in [5, 5.41) is 3.06. The Morgan fingerprint density at radius 3 is 2.79 bits per heavy atom. The van der Waals surface area contributed by atoms with Crippen LogP contribution in [0.3, 0.4) is 0 Å². The fourth-order valence-corrected chi connectivity index (χ4v) is 3.42. The number of rotatable bonds is 3. The average molecular weight is 336 g/mol. The van der Waals surface area contributed by atoms with Crippen molar-refractivity contribution in [2.45, 2.75) is 13.5 Å². The number of thiazole rings is 1. The fourth-order valence-electron chi connectivity index (χ4n) is 2.80. The van der Waals surface area contributed by atoms with Crippen molar-refractivity contribution >= 4 is 22.9 Å². The zero-order valence-corrected chi connectivity index (χ0v) is 14.0. The molecule has 0 spiro atoms. The fraction of sp³-hybridized carbons (Fsp3) is 0.158. The summed E-state index contributed by atoms with van der Waals surface area (Å²) in [6.07, 6.45) is 0. The largest absolute Gasteiger partial charge is 0.482 e. The molecule has 5 heteroatoms. The molecule has 4 nitrogen and oxygen atoms in total. The van der Waals surface area contributed by atoms with E-state index in [1.54, 1.807) is 16.2 Å². The maximum atomic E-state index is 12.4. The molecule has 0 unspecified atom stereocenters. The summed E-state index contributed by atoms with van der Waals surface area (Å²) in [5.41, 5.74) is 3.82. The van der Waals surface area contributed by atoms with Crippen LogP contribution >= 0.6 is 11.3 Å². The molecule has 0 bridgehead atoms. The van der Waals surface area contributed by atoms with Crippen molar-refractivity contribution in [1.82, 2.24) is 4.98 Å². The molecule has 0 fully saturated rings. The Hall–Kier alpha value is -2.66. The molecule has 0 aliphatic carbocycles. The second-order valence-electron chi connectivity index (χ2n) is 5.69. The quantitative estimate of drug-likeness (QED) is 0.725. The van der Waals surface area contributed by atoms with E-state index in [4.69, 9.17) is 4.74 Å². The number of fused-ring (bicyclic) bond motifs is 1. The van der Waals surface area contributed by atoms with Gasteiger partial charge in [-0.05, 0) is 30.7 Å². The molecule has 0 N–H and O–H groups in total. The van der Waals surface area contributed by atoms with Gasteiger partial charge in [-0.3, -0.25) is 4.79 Å². The molecule has 2 aromatic carbocycles. The molecule has 0 radical (unpaired) electrons. The van der Waals surface area contributed by atoms with Gasteiger partial charge in [0.1, 0.15) is 5.75 Å². The van der Waals surface area contributed by atoms with E-state index in [0.29, 0.717) is 6.54 Å². The van der Waals surface area contributed by atoms with Gasteiger partial charge in [0.2, 0.25) is 0 Å². The maximum absolute atomic E-state index is 12.4. The van der Waals surface area contributed by atoms with E-state index >= 15 is 0 Å². The molecule has 1 amide bonds. The van der Waals surface area contributed by atoms with E-state index in [1.807, 2.05) is 60.8 Å². The molecule has 0 atom stereocenters. The van der Waals surface area contributed by atoms with E-state index in [0.717, 1.165) is 33.3 Å². The topological polar surface area (TPSA) is 42.4 Å². The molecule has 3 aromatic rings. The molecule has 120 valence electrons. The van der Waals surface area contributed by atoms with Gasteiger partial charge in [-0.15, -0.1) is 11.3 Å². The number of anilines is 1. The Morgan fingerprint density at radius 1 is 1.21 bits per heavy atom. The SMILES string of the molecule is Cc1nc(-c2ccc3c(c2)N(Cc2ccccc2)C(=O)CO3)cs1. The van der Waals surface area contributed by atoms with Gasteiger partial charge >= 0.3 is 0 Å². The van der Waals surface area contributed by atoms with E-state index in [9.17, 15) is 4.79 Å². The summed E-state index contributed by atoms with van der Waals surface area (Å²) < 4.78 is 5.59. The molecule has 0 saturated carbocycles.